The summed E-state index contributed by atoms with van der Waals surface area (Å²) in [5.41, 5.74) is 2.28. The van der Waals surface area contributed by atoms with Crippen molar-refractivity contribution in [3.63, 3.8) is 0 Å². The van der Waals surface area contributed by atoms with Gasteiger partial charge in [0.25, 0.3) is 15.9 Å². The lowest BCUT2D eigenvalue weighted by Crippen LogP contribution is -2.27. The lowest BCUT2D eigenvalue weighted by molar-refractivity contribution is 0.0796. The van der Waals surface area contributed by atoms with Crippen LogP contribution in [0.1, 0.15) is 40.8 Å². The summed E-state index contributed by atoms with van der Waals surface area (Å²) in [6.45, 7) is 7.39. The predicted molar refractivity (Wildman–Crippen MR) is 130 cm³/mol. The van der Waals surface area contributed by atoms with E-state index in [0.717, 1.165) is 25.9 Å². The van der Waals surface area contributed by atoms with Crippen molar-refractivity contribution in [1.82, 2.24) is 14.5 Å². The monoisotopic (exact) mass is 488 g/mol. The summed E-state index contributed by atoms with van der Waals surface area (Å²) in [6, 6.07) is 8.55. The van der Waals surface area contributed by atoms with Gasteiger partial charge < -0.3 is 14.2 Å². The van der Waals surface area contributed by atoms with Gasteiger partial charge in [0.05, 0.1) is 23.7 Å². The first-order valence-electron chi connectivity index (χ1n) is 10.9. The van der Waals surface area contributed by atoms with Gasteiger partial charge in [-0.2, -0.15) is 0 Å². The van der Waals surface area contributed by atoms with Crippen molar-refractivity contribution >= 4 is 33.0 Å². The van der Waals surface area contributed by atoms with Crippen LogP contribution in [0.3, 0.4) is 0 Å². The van der Waals surface area contributed by atoms with E-state index in [2.05, 4.69) is 9.71 Å². The Morgan fingerprint density at radius 2 is 1.91 bits per heavy atom. The third-order valence-electron chi connectivity index (χ3n) is 5.81. The number of para-hydroxylation sites is 2. The van der Waals surface area contributed by atoms with Gasteiger partial charge in [-0.05, 0) is 51.8 Å². The fraction of sp³-hybridized carbons (Fsp3) is 0.391. The molecule has 0 aliphatic carbocycles. The Balaban J connectivity index is 1.67. The number of likely N-dealkylation sites (tertiary alicyclic amines) is 1. The van der Waals surface area contributed by atoms with Crippen LogP contribution in [0.5, 0.6) is 5.75 Å². The summed E-state index contributed by atoms with van der Waals surface area (Å²) in [5.74, 6) is 0.472. The quantitative estimate of drug-likeness (QED) is 0.538. The first-order valence-corrected chi connectivity index (χ1v) is 13.2. The number of amides is 1. The van der Waals surface area contributed by atoms with Gasteiger partial charge in [0.1, 0.15) is 20.5 Å². The van der Waals surface area contributed by atoms with Crippen LogP contribution in [0, 0.1) is 13.8 Å². The number of carbonyl (C=O) groups is 1. The zero-order valence-corrected chi connectivity index (χ0v) is 20.8. The molecule has 1 aromatic carbocycles. The Bertz CT molecular complexity index is 1290. The Morgan fingerprint density at radius 1 is 1.21 bits per heavy atom. The van der Waals surface area contributed by atoms with Gasteiger partial charge in [-0.25, -0.2) is 13.4 Å². The third kappa shape index (κ3) is 4.49. The van der Waals surface area contributed by atoms with E-state index in [1.54, 1.807) is 48.9 Å². The van der Waals surface area contributed by atoms with Crippen LogP contribution >= 0.6 is 11.3 Å². The molecule has 0 atom stereocenters. The van der Waals surface area contributed by atoms with Crippen LogP contribution in [0.25, 0.3) is 10.7 Å². The van der Waals surface area contributed by atoms with Crippen molar-refractivity contribution in [1.29, 1.82) is 0 Å². The van der Waals surface area contributed by atoms with Crippen molar-refractivity contribution in [2.24, 2.45) is 7.05 Å². The molecule has 0 bridgehead atoms. The van der Waals surface area contributed by atoms with E-state index in [4.69, 9.17) is 4.74 Å². The van der Waals surface area contributed by atoms with Crippen molar-refractivity contribution in [2.45, 2.75) is 38.5 Å². The summed E-state index contributed by atoms with van der Waals surface area (Å²) in [4.78, 5) is 20.1. The Hall–Kier alpha value is -2.85. The van der Waals surface area contributed by atoms with Crippen molar-refractivity contribution in [2.75, 3.05) is 24.4 Å². The van der Waals surface area contributed by atoms with Crippen LogP contribution in [-0.2, 0) is 17.1 Å². The van der Waals surface area contributed by atoms with Gasteiger partial charge in [0.2, 0.25) is 0 Å². The Kier molecular flexibility index (Phi) is 6.49. The molecule has 1 amide bonds. The number of benzene rings is 1. The highest BCUT2D eigenvalue weighted by molar-refractivity contribution is 7.92. The number of hydrogen-bond acceptors (Lipinski definition) is 6. The number of nitrogens with zero attached hydrogens (tertiary/aromatic N) is 3. The number of aryl methyl sites for hydroxylation is 1. The molecule has 0 unspecified atom stereocenters. The highest BCUT2D eigenvalue weighted by Crippen LogP contribution is 2.34. The van der Waals surface area contributed by atoms with Crippen molar-refractivity contribution in [3.05, 3.63) is 46.6 Å². The molecule has 10 heteroatoms. The molecule has 0 radical (unpaired) electrons. The summed E-state index contributed by atoms with van der Waals surface area (Å²) < 4.78 is 36.5. The Morgan fingerprint density at radius 3 is 2.61 bits per heavy atom. The van der Waals surface area contributed by atoms with Crippen molar-refractivity contribution < 1.29 is 17.9 Å². The molecule has 1 aliphatic rings. The lowest BCUT2D eigenvalue weighted by Gasteiger charge is -2.13. The van der Waals surface area contributed by atoms with Gasteiger partial charge in [-0.15, -0.1) is 11.3 Å². The molecule has 1 N–H and O–H groups in total. The molecule has 0 saturated carbocycles. The van der Waals surface area contributed by atoms with Crippen LogP contribution in [0.2, 0.25) is 0 Å². The normalized spacial score (nSPS) is 14.0. The summed E-state index contributed by atoms with van der Waals surface area (Å²) in [7, 11) is -2.07. The minimum Gasteiger partial charge on any atom is -0.492 e. The third-order valence-corrected chi connectivity index (χ3v) is 8.46. The maximum absolute atomic E-state index is 13.3. The minimum atomic E-state index is -3.88. The van der Waals surface area contributed by atoms with Crippen LogP contribution in [0.15, 0.2) is 35.2 Å². The van der Waals surface area contributed by atoms with E-state index in [1.165, 1.54) is 11.3 Å². The molecule has 2 aromatic heterocycles. The van der Waals surface area contributed by atoms with Crippen LogP contribution in [0.4, 0.5) is 5.69 Å². The van der Waals surface area contributed by atoms with Gasteiger partial charge in [0.15, 0.2) is 0 Å². The summed E-state index contributed by atoms with van der Waals surface area (Å²) in [5, 5.41) is 0.622. The predicted octanol–water partition coefficient (Wildman–Crippen LogP) is 4.20. The van der Waals surface area contributed by atoms with Crippen LogP contribution in [-0.4, -0.2) is 48.5 Å². The van der Waals surface area contributed by atoms with E-state index >= 15 is 0 Å². The molecule has 1 fully saturated rings. The standard InChI is InChI=1S/C23H28N4O4S2/c1-5-31-19-11-7-6-10-17(19)25-33(29,30)20-14-18(26(4)16(20)3)22-24-15(2)21(32-22)23(28)27-12-8-9-13-27/h6-7,10-11,14,25H,5,8-9,12-13H2,1-4H3. The number of thiazole rings is 1. The second-order valence-electron chi connectivity index (χ2n) is 8.01. The zero-order valence-electron chi connectivity index (χ0n) is 19.2. The number of ether oxygens (including phenoxy) is 1. The smallest absolute Gasteiger partial charge is 0.265 e. The first kappa shape index (κ1) is 23.3. The van der Waals surface area contributed by atoms with E-state index in [1.807, 2.05) is 18.7 Å². The molecular formula is C23H28N4O4S2. The first-order chi connectivity index (χ1) is 15.7. The number of hydrogen-bond donors (Lipinski definition) is 1. The maximum Gasteiger partial charge on any atom is 0.265 e. The van der Waals surface area contributed by atoms with Crippen molar-refractivity contribution in [3.8, 4) is 16.5 Å². The van der Waals surface area contributed by atoms with E-state index in [0.29, 0.717) is 45.0 Å². The number of anilines is 1. The van der Waals surface area contributed by atoms with Crippen LogP contribution < -0.4 is 9.46 Å². The average Bonchev–Trinajstić information content (AvgIpc) is 3.50. The van der Waals surface area contributed by atoms with Gasteiger partial charge in [-0.1, -0.05) is 12.1 Å². The molecule has 3 heterocycles. The van der Waals surface area contributed by atoms with E-state index < -0.39 is 10.0 Å². The molecule has 33 heavy (non-hydrogen) atoms. The number of rotatable bonds is 7. The number of sulfonamides is 1. The second-order valence-corrected chi connectivity index (χ2v) is 10.7. The molecule has 3 aromatic rings. The maximum atomic E-state index is 13.3. The number of aromatic nitrogens is 2. The largest absolute Gasteiger partial charge is 0.492 e. The highest BCUT2D eigenvalue weighted by atomic mass is 32.2. The van der Waals surface area contributed by atoms with E-state index in [9.17, 15) is 13.2 Å². The minimum absolute atomic E-state index is 0.00160. The second kappa shape index (κ2) is 9.18. The molecule has 0 spiro atoms. The molecule has 4 rings (SSSR count). The fourth-order valence-electron chi connectivity index (χ4n) is 3.95. The van der Waals surface area contributed by atoms with Gasteiger partial charge in [0, 0.05) is 25.8 Å². The molecular weight excluding hydrogens is 460 g/mol. The summed E-state index contributed by atoms with van der Waals surface area (Å²) >= 11 is 1.31. The molecule has 1 saturated heterocycles. The number of nitrogens with one attached hydrogen (secondary N) is 1. The SMILES string of the molecule is CCOc1ccccc1NS(=O)(=O)c1cc(-c2nc(C)c(C(=O)N3CCCC3)s2)n(C)c1C. The zero-order chi connectivity index (χ0) is 23.8. The molecule has 176 valence electrons. The molecule has 1 aliphatic heterocycles. The Labute approximate surface area is 198 Å². The van der Waals surface area contributed by atoms with Gasteiger partial charge >= 0.3 is 0 Å². The highest BCUT2D eigenvalue weighted by Gasteiger charge is 2.27. The average molecular weight is 489 g/mol. The number of carbonyl (C=O) groups excluding carboxylic acids is 1. The van der Waals surface area contributed by atoms with E-state index in [-0.39, 0.29) is 10.8 Å². The topological polar surface area (TPSA) is 93.5 Å². The molecule has 8 nitrogen and oxygen atoms in total. The fourth-order valence-corrected chi connectivity index (χ4v) is 6.40. The lowest BCUT2D eigenvalue weighted by atomic mass is 10.3. The summed E-state index contributed by atoms with van der Waals surface area (Å²) in [6.07, 6.45) is 2.04. The van der Waals surface area contributed by atoms with Gasteiger partial charge in [-0.3, -0.25) is 9.52 Å².